The molecule has 34 heavy (non-hydrogen) atoms. The van der Waals surface area contributed by atoms with E-state index in [0.29, 0.717) is 13.2 Å². The monoisotopic (exact) mass is 462 g/mol. The highest BCUT2D eigenvalue weighted by atomic mass is 16.5. The second-order valence-corrected chi connectivity index (χ2v) is 8.67. The molecule has 180 valence electrons. The van der Waals surface area contributed by atoms with E-state index >= 15 is 0 Å². The Kier molecular flexibility index (Phi) is 8.28. The number of methoxy groups -OCH3 is 1. The number of anilines is 1. The van der Waals surface area contributed by atoms with E-state index in [-0.39, 0.29) is 6.61 Å². The molecule has 4 rings (SSSR count). The van der Waals surface area contributed by atoms with Crippen LogP contribution < -0.4 is 19.1 Å². The van der Waals surface area contributed by atoms with Crippen molar-refractivity contribution in [2.24, 2.45) is 0 Å². The van der Waals surface area contributed by atoms with E-state index in [0.717, 1.165) is 54.7 Å². The van der Waals surface area contributed by atoms with Crippen LogP contribution in [0.4, 0.5) is 5.69 Å². The van der Waals surface area contributed by atoms with Gasteiger partial charge in [0.1, 0.15) is 36.6 Å². The molecular formula is C28H34N2O4. The van der Waals surface area contributed by atoms with Gasteiger partial charge in [-0.05, 0) is 54.4 Å². The molecular weight excluding hydrogens is 428 g/mol. The number of rotatable bonds is 10. The first-order valence-electron chi connectivity index (χ1n) is 11.8. The lowest BCUT2D eigenvalue weighted by atomic mass is 10.1. The molecule has 0 bridgehead atoms. The molecule has 0 radical (unpaired) electrons. The van der Waals surface area contributed by atoms with Gasteiger partial charge >= 0.3 is 0 Å². The molecule has 0 spiro atoms. The fraction of sp³-hybridized carbons (Fsp3) is 0.357. The molecule has 1 heterocycles. The van der Waals surface area contributed by atoms with Crippen molar-refractivity contribution in [3.05, 3.63) is 83.9 Å². The molecule has 0 aliphatic carbocycles. The van der Waals surface area contributed by atoms with E-state index in [1.807, 2.05) is 60.7 Å². The number of hydrogen-bond acceptors (Lipinski definition) is 6. The van der Waals surface area contributed by atoms with E-state index < -0.39 is 6.10 Å². The van der Waals surface area contributed by atoms with Crippen LogP contribution in [0.1, 0.15) is 11.1 Å². The van der Waals surface area contributed by atoms with Crippen LogP contribution in [0.3, 0.4) is 0 Å². The van der Waals surface area contributed by atoms with Crippen molar-refractivity contribution in [1.29, 1.82) is 0 Å². The first-order valence-corrected chi connectivity index (χ1v) is 11.8. The van der Waals surface area contributed by atoms with E-state index in [1.54, 1.807) is 7.11 Å². The van der Waals surface area contributed by atoms with Crippen LogP contribution in [0.2, 0.25) is 0 Å². The molecule has 1 aliphatic rings. The molecule has 1 N–H and O–H groups in total. The Hall–Kier alpha value is -3.22. The quantitative estimate of drug-likeness (QED) is 0.489. The van der Waals surface area contributed by atoms with Crippen LogP contribution >= 0.6 is 0 Å². The van der Waals surface area contributed by atoms with Gasteiger partial charge in [0.15, 0.2) is 0 Å². The van der Waals surface area contributed by atoms with Crippen molar-refractivity contribution in [2.45, 2.75) is 19.6 Å². The Bertz CT molecular complexity index is 1020. The summed E-state index contributed by atoms with van der Waals surface area (Å²) in [6, 6.07) is 23.9. The largest absolute Gasteiger partial charge is 0.495 e. The van der Waals surface area contributed by atoms with E-state index in [2.05, 4.69) is 28.9 Å². The summed E-state index contributed by atoms with van der Waals surface area (Å²) in [5.74, 6) is 2.42. The fourth-order valence-electron chi connectivity index (χ4n) is 4.13. The van der Waals surface area contributed by atoms with Gasteiger partial charge in [0.25, 0.3) is 0 Å². The normalized spacial score (nSPS) is 15.1. The SMILES string of the molecule is COc1ccc(C)cc1N1CCN(CC(O)COc2ccc(OCc3ccccc3)cc2)CC1. The number of hydrogen-bond donors (Lipinski definition) is 1. The number of aryl methyl sites for hydroxylation is 1. The number of nitrogens with zero attached hydrogens (tertiary/aromatic N) is 2. The molecule has 1 unspecified atom stereocenters. The number of ether oxygens (including phenoxy) is 3. The van der Waals surface area contributed by atoms with Gasteiger partial charge in [0.05, 0.1) is 12.8 Å². The van der Waals surface area contributed by atoms with E-state index in [1.165, 1.54) is 5.56 Å². The number of aliphatic hydroxyl groups is 1. The molecule has 6 nitrogen and oxygen atoms in total. The minimum Gasteiger partial charge on any atom is -0.495 e. The van der Waals surface area contributed by atoms with Gasteiger partial charge < -0.3 is 24.2 Å². The van der Waals surface area contributed by atoms with Crippen molar-refractivity contribution in [3.63, 3.8) is 0 Å². The van der Waals surface area contributed by atoms with Crippen molar-refractivity contribution in [3.8, 4) is 17.2 Å². The predicted molar refractivity (Wildman–Crippen MR) is 135 cm³/mol. The van der Waals surface area contributed by atoms with Crippen LogP contribution in [0, 0.1) is 6.92 Å². The highest BCUT2D eigenvalue weighted by Gasteiger charge is 2.21. The maximum Gasteiger partial charge on any atom is 0.142 e. The van der Waals surface area contributed by atoms with Crippen molar-refractivity contribution in [1.82, 2.24) is 4.90 Å². The number of piperazine rings is 1. The summed E-state index contributed by atoms with van der Waals surface area (Å²) in [5.41, 5.74) is 3.49. The molecule has 0 aromatic heterocycles. The summed E-state index contributed by atoms with van der Waals surface area (Å²) >= 11 is 0. The molecule has 1 atom stereocenters. The third-order valence-corrected chi connectivity index (χ3v) is 6.03. The molecule has 1 aliphatic heterocycles. The third kappa shape index (κ3) is 6.65. The molecule has 1 fully saturated rings. The second kappa shape index (κ2) is 11.8. The second-order valence-electron chi connectivity index (χ2n) is 8.67. The van der Waals surface area contributed by atoms with Crippen molar-refractivity contribution < 1.29 is 19.3 Å². The number of benzene rings is 3. The van der Waals surface area contributed by atoms with Gasteiger partial charge in [0.2, 0.25) is 0 Å². The Morgan fingerprint density at radius 3 is 2.21 bits per heavy atom. The predicted octanol–water partition coefficient (Wildman–Crippen LogP) is 4.14. The smallest absolute Gasteiger partial charge is 0.142 e. The zero-order valence-electron chi connectivity index (χ0n) is 20.0. The summed E-state index contributed by atoms with van der Waals surface area (Å²) in [6.07, 6.45) is -0.547. The summed E-state index contributed by atoms with van der Waals surface area (Å²) in [4.78, 5) is 4.64. The van der Waals surface area contributed by atoms with Gasteiger partial charge in [-0.3, -0.25) is 4.90 Å². The van der Waals surface area contributed by atoms with Crippen LogP contribution in [0.15, 0.2) is 72.8 Å². The first kappa shape index (κ1) is 23.9. The summed E-state index contributed by atoms with van der Waals surface area (Å²) in [5, 5.41) is 10.5. The summed E-state index contributed by atoms with van der Waals surface area (Å²) < 4.78 is 17.2. The minimum absolute atomic E-state index is 0.260. The summed E-state index contributed by atoms with van der Waals surface area (Å²) in [6.45, 7) is 7.07. The van der Waals surface area contributed by atoms with Crippen molar-refractivity contribution >= 4 is 5.69 Å². The molecule has 0 amide bonds. The van der Waals surface area contributed by atoms with Crippen LogP contribution in [0.25, 0.3) is 0 Å². The highest BCUT2D eigenvalue weighted by molar-refractivity contribution is 5.60. The zero-order valence-corrected chi connectivity index (χ0v) is 20.0. The van der Waals surface area contributed by atoms with Gasteiger partial charge in [-0.2, -0.15) is 0 Å². The lowest BCUT2D eigenvalue weighted by Crippen LogP contribution is -2.49. The molecule has 0 saturated carbocycles. The Morgan fingerprint density at radius 2 is 1.53 bits per heavy atom. The van der Waals surface area contributed by atoms with Crippen LogP contribution in [0.5, 0.6) is 17.2 Å². The average molecular weight is 463 g/mol. The van der Waals surface area contributed by atoms with E-state index in [9.17, 15) is 5.11 Å². The van der Waals surface area contributed by atoms with Gasteiger partial charge in [0, 0.05) is 32.7 Å². The Morgan fingerprint density at radius 1 is 0.853 bits per heavy atom. The lowest BCUT2D eigenvalue weighted by molar-refractivity contribution is 0.0662. The third-order valence-electron chi connectivity index (χ3n) is 6.03. The van der Waals surface area contributed by atoms with Crippen LogP contribution in [-0.2, 0) is 6.61 Å². The molecule has 3 aromatic carbocycles. The van der Waals surface area contributed by atoms with Gasteiger partial charge in [-0.1, -0.05) is 36.4 Å². The zero-order chi connectivity index (χ0) is 23.8. The van der Waals surface area contributed by atoms with Gasteiger partial charge in [-0.25, -0.2) is 0 Å². The van der Waals surface area contributed by atoms with E-state index in [4.69, 9.17) is 14.2 Å². The molecule has 1 saturated heterocycles. The first-order chi connectivity index (χ1) is 16.6. The highest BCUT2D eigenvalue weighted by Crippen LogP contribution is 2.30. The van der Waals surface area contributed by atoms with Gasteiger partial charge in [-0.15, -0.1) is 0 Å². The van der Waals surface area contributed by atoms with Crippen molar-refractivity contribution in [2.75, 3.05) is 51.3 Å². The molecule has 6 heteroatoms. The Balaban J connectivity index is 1.18. The average Bonchev–Trinajstić information content (AvgIpc) is 2.88. The molecule has 3 aromatic rings. The number of aliphatic hydroxyl groups excluding tert-OH is 1. The lowest BCUT2D eigenvalue weighted by Gasteiger charge is -2.37. The Labute approximate surface area is 202 Å². The maximum atomic E-state index is 10.5. The topological polar surface area (TPSA) is 54.4 Å². The maximum absolute atomic E-state index is 10.5. The standard InChI is InChI=1S/C28H34N2O4/c1-22-8-13-28(32-2)27(18-22)30-16-14-29(15-17-30)19-24(31)21-34-26-11-9-25(10-12-26)33-20-23-6-4-3-5-7-23/h3-13,18,24,31H,14-17,19-21H2,1-2H3. The fourth-order valence-corrected chi connectivity index (χ4v) is 4.13. The summed E-state index contributed by atoms with van der Waals surface area (Å²) in [7, 11) is 1.71. The van der Waals surface area contributed by atoms with Crippen LogP contribution in [-0.4, -0.2) is 62.6 Å². The number of β-amino-alcohol motifs (C(OH)–C–C–N with tert-alkyl or cyclic N) is 1. The minimum atomic E-state index is -0.547.